The lowest BCUT2D eigenvalue weighted by molar-refractivity contribution is 0.153. The SMILES string of the molecule is CNC(CCN(C)C1CCC1)c1cc(C)cc(C)c1. The standard InChI is InChI=1S/C17H28N2/c1-13-10-14(2)12-15(11-13)17(18-3)8-9-19(4)16-6-5-7-16/h10-12,16-18H,5-9H2,1-4H3. The Morgan fingerprint density at radius 2 is 1.84 bits per heavy atom. The molecule has 1 aliphatic carbocycles. The Bertz CT molecular complexity index is 389. The number of benzene rings is 1. The van der Waals surface area contributed by atoms with Crippen LogP contribution in [0.1, 0.15) is 48.4 Å². The maximum atomic E-state index is 3.48. The molecule has 19 heavy (non-hydrogen) atoms. The lowest BCUT2D eigenvalue weighted by Crippen LogP contribution is -2.38. The first-order valence-electron chi connectivity index (χ1n) is 7.56. The van der Waals surface area contributed by atoms with E-state index < -0.39 is 0 Å². The molecular weight excluding hydrogens is 232 g/mol. The molecule has 0 saturated heterocycles. The van der Waals surface area contributed by atoms with Gasteiger partial charge in [0.1, 0.15) is 0 Å². The first-order chi connectivity index (χ1) is 9.10. The van der Waals surface area contributed by atoms with Crippen molar-refractivity contribution in [1.29, 1.82) is 0 Å². The summed E-state index contributed by atoms with van der Waals surface area (Å²) >= 11 is 0. The molecule has 0 heterocycles. The zero-order chi connectivity index (χ0) is 13.8. The van der Waals surface area contributed by atoms with Crippen molar-refractivity contribution in [2.75, 3.05) is 20.6 Å². The number of rotatable bonds is 6. The molecule has 2 heteroatoms. The Morgan fingerprint density at radius 3 is 2.32 bits per heavy atom. The minimum absolute atomic E-state index is 0.473. The normalized spacial score (nSPS) is 17.5. The second-order valence-corrected chi connectivity index (χ2v) is 6.12. The predicted octanol–water partition coefficient (Wildman–Crippen LogP) is 3.44. The fourth-order valence-corrected chi connectivity index (χ4v) is 3.03. The van der Waals surface area contributed by atoms with Gasteiger partial charge in [-0.15, -0.1) is 0 Å². The van der Waals surface area contributed by atoms with E-state index in [2.05, 4.69) is 56.4 Å². The lowest BCUT2D eigenvalue weighted by Gasteiger charge is -2.35. The van der Waals surface area contributed by atoms with E-state index in [0.29, 0.717) is 6.04 Å². The summed E-state index contributed by atoms with van der Waals surface area (Å²) < 4.78 is 0. The van der Waals surface area contributed by atoms with Gasteiger partial charge in [0, 0.05) is 12.1 Å². The largest absolute Gasteiger partial charge is 0.313 e. The van der Waals surface area contributed by atoms with Crippen molar-refractivity contribution < 1.29 is 0 Å². The van der Waals surface area contributed by atoms with Crippen molar-refractivity contribution in [2.45, 2.75) is 51.6 Å². The molecule has 0 radical (unpaired) electrons. The minimum Gasteiger partial charge on any atom is -0.313 e. The van der Waals surface area contributed by atoms with Gasteiger partial charge in [0.2, 0.25) is 0 Å². The first kappa shape index (κ1) is 14.5. The van der Waals surface area contributed by atoms with E-state index in [-0.39, 0.29) is 0 Å². The van der Waals surface area contributed by atoms with Crippen LogP contribution in [-0.4, -0.2) is 31.6 Å². The Hall–Kier alpha value is -0.860. The maximum Gasteiger partial charge on any atom is 0.0329 e. The molecular formula is C17H28N2. The van der Waals surface area contributed by atoms with E-state index in [4.69, 9.17) is 0 Å². The molecule has 0 spiro atoms. The van der Waals surface area contributed by atoms with E-state index in [1.165, 1.54) is 48.9 Å². The van der Waals surface area contributed by atoms with Crippen molar-refractivity contribution >= 4 is 0 Å². The van der Waals surface area contributed by atoms with Gasteiger partial charge in [-0.25, -0.2) is 0 Å². The molecule has 1 N–H and O–H groups in total. The molecule has 1 atom stereocenters. The van der Waals surface area contributed by atoms with Crippen molar-refractivity contribution in [3.63, 3.8) is 0 Å². The van der Waals surface area contributed by atoms with Gasteiger partial charge < -0.3 is 10.2 Å². The van der Waals surface area contributed by atoms with E-state index in [1.54, 1.807) is 0 Å². The van der Waals surface area contributed by atoms with Crippen LogP contribution in [0.25, 0.3) is 0 Å². The Morgan fingerprint density at radius 1 is 1.21 bits per heavy atom. The number of nitrogens with one attached hydrogen (secondary N) is 1. The van der Waals surface area contributed by atoms with E-state index in [0.717, 1.165) is 6.04 Å². The molecule has 0 bridgehead atoms. The molecule has 0 aromatic heterocycles. The highest BCUT2D eigenvalue weighted by Crippen LogP contribution is 2.25. The number of hydrogen-bond acceptors (Lipinski definition) is 2. The summed E-state index contributed by atoms with van der Waals surface area (Å²) in [5.74, 6) is 0. The van der Waals surface area contributed by atoms with E-state index >= 15 is 0 Å². The van der Waals surface area contributed by atoms with Gasteiger partial charge in [0.15, 0.2) is 0 Å². The topological polar surface area (TPSA) is 15.3 Å². The summed E-state index contributed by atoms with van der Waals surface area (Å²) in [4.78, 5) is 2.54. The van der Waals surface area contributed by atoms with Crippen LogP contribution in [0.2, 0.25) is 0 Å². The number of aryl methyl sites for hydroxylation is 2. The molecule has 1 fully saturated rings. The van der Waals surface area contributed by atoms with Gasteiger partial charge in [0.05, 0.1) is 0 Å². The summed E-state index contributed by atoms with van der Waals surface area (Å²) in [6.07, 6.45) is 5.39. The van der Waals surface area contributed by atoms with Gasteiger partial charge in [-0.3, -0.25) is 0 Å². The minimum atomic E-state index is 0.473. The third-order valence-corrected chi connectivity index (χ3v) is 4.46. The molecule has 0 aliphatic heterocycles. The molecule has 2 nitrogen and oxygen atoms in total. The van der Waals surface area contributed by atoms with Crippen LogP contribution in [0.3, 0.4) is 0 Å². The van der Waals surface area contributed by atoms with Crippen LogP contribution >= 0.6 is 0 Å². The average molecular weight is 260 g/mol. The molecule has 1 aromatic rings. The third-order valence-electron chi connectivity index (χ3n) is 4.46. The summed E-state index contributed by atoms with van der Waals surface area (Å²) in [5, 5.41) is 3.48. The molecule has 2 rings (SSSR count). The lowest BCUT2D eigenvalue weighted by atomic mass is 9.91. The quantitative estimate of drug-likeness (QED) is 0.843. The second kappa shape index (κ2) is 6.53. The van der Waals surface area contributed by atoms with Crippen molar-refractivity contribution in [2.24, 2.45) is 0 Å². The molecule has 1 aliphatic rings. The molecule has 0 amide bonds. The van der Waals surface area contributed by atoms with Crippen molar-refractivity contribution in [1.82, 2.24) is 10.2 Å². The van der Waals surface area contributed by atoms with Gasteiger partial charge in [-0.2, -0.15) is 0 Å². The molecule has 106 valence electrons. The summed E-state index contributed by atoms with van der Waals surface area (Å²) in [7, 11) is 4.35. The Balaban J connectivity index is 1.94. The number of nitrogens with zero attached hydrogens (tertiary/aromatic N) is 1. The fourth-order valence-electron chi connectivity index (χ4n) is 3.03. The van der Waals surface area contributed by atoms with Gasteiger partial charge in [-0.05, 0) is 59.3 Å². The van der Waals surface area contributed by atoms with Gasteiger partial charge in [-0.1, -0.05) is 35.7 Å². The van der Waals surface area contributed by atoms with Crippen LogP contribution < -0.4 is 5.32 Å². The summed E-state index contributed by atoms with van der Waals surface area (Å²) in [6, 6.07) is 8.20. The predicted molar refractivity (Wildman–Crippen MR) is 82.6 cm³/mol. The summed E-state index contributed by atoms with van der Waals surface area (Å²) in [6.45, 7) is 5.55. The first-order valence-corrected chi connectivity index (χ1v) is 7.56. The van der Waals surface area contributed by atoms with Crippen LogP contribution in [-0.2, 0) is 0 Å². The highest BCUT2D eigenvalue weighted by molar-refractivity contribution is 5.30. The number of hydrogen-bond donors (Lipinski definition) is 1. The Kier molecular flexibility index (Phi) is 5.00. The fraction of sp³-hybridized carbons (Fsp3) is 0.647. The van der Waals surface area contributed by atoms with Gasteiger partial charge in [0.25, 0.3) is 0 Å². The summed E-state index contributed by atoms with van der Waals surface area (Å²) in [5.41, 5.74) is 4.16. The smallest absolute Gasteiger partial charge is 0.0329 e. The monoisotopic (exact) mass is 260 g/mol. The Labute approximate surface area is 118 Å². The second-order valence-electron chi connectivity index (χ2n) is 6.12. The maximum absolute atomic E-state index is 3.48. The molecule has 1 unspecified atom stereocenters. The van der Waals surface area contributed by atoms with Crippen LogP contribution in [0.5, 0.6) is 0 Å². The van der Waals surface area contributed by atoms with E-state index in [9.17, 15) is 0 Å². The zero-order valence-corrected chi connectivity index (χ0v) is 12.9. The highest BCUT2D eigenvalue weighted by atomic mass is 15.1. The van der Waals surface area contributed by atoms with Crippen molar-refractivity contribution in [3.05, 3.63) is 34.9 Å². The third kappa shape index (κ3) is 3.80. The highest BCUT2D eigenvalue weighted by Gasteiger charge is 2.22. The van der Waals surface area contributed by atoms with Crippen LogP contribution in [0, 0.1) is 13.8 Å². The van der Waals surface area contributed by atoms with Crippen LogP contribution in [0.15, 0.2) is 18.2 Å². The van der Waals surface area contributed by atoms with Crippen LogP contribution in [0.4, 0.5) is 0 Å². The van der Waals surface area contributed by atoms with E-state index in [1.807, 2.05) is 0 Å². The molecule has 1 saturated carbocycles. The average Bonchev–Trinajstić information content (AvgIpc) is 2.26. The van der Waals surface area contributed by atoms with Gasteiger partial charge >= 0.3 is 0 Å². The van der Waals surface area contributed by atoms with Crippen molar-refractivity contribution in [3.8, 4) is 0 Å². The zero-order valence-electron chi connectivity index (χ0n) is 12.9. The molecule has 1 aromatic carbocycles.